The number of hydrogen-bond acceptors (Lipinski definition) is 8. The van der Waals surface area contributed by atoms with Crippen LogP contribution in [0.3, 0.4) is 0 Å². The second-order valence-corrected chi connectivity index (χ2v) is 9.57. The van der Waals surface area contributed by atoms with E-state index in [0.29, 0.717) is 11.5 Å². The number of aromatic nitrogens is 4. The second-order valence-electron chi connectivity index (χ2n) is 9.57. The summed E-state index contributed by atoms with van der Waals surface area (Å²) in [6, 6.07) is 7.24. The van der Waals surface area contributed by atoms with Crippen LogP contribution in [0.5, 0.6) is 5.75 Å². The zero-order chi connectivity index (χ0) is 26.8. The van der Waals surface area contributed by atoms with Crippen molar-refractivity contribution in [3.05, 3.63) is 66.1 Å². The number of nitrogens with zero attached hydrogens (tertiary/aromatic N) is 4. The Morgan fingerprint density at radius 3 is 2.66 bits per heavy atom. The normalized spacial score (nSPS) is 21.5. The summed E-state index contributed by atoms with van der Waals surface area (Å²) in [4.78, 5) is 8.73. The fourth-order valence-corrected chi connectivity index (χ4v) is 5.35. The molecule has 38 heavy (non-hydrogen) atoms. The molecule has 1 aromatic carbocycles. The molecule has 0 bridgehead atoms. The molecule has 0 spiro atoms. The van der Waals surface area contributed by atoms with Gasteiger partial charge in [-0.25, -0.2) is 13.8 Å². The van der Waals surface area contributed by atoms with E-state index in [1.807, 2.05) is 6.07 Å². The Morgan fingerprint density at radius 2 is 1.95 bits per heavy atom. The van der Waals surface area contributed by atoms with Crippen LogP contribution < -0.4 is 15.8 Å². The molecule has 11 heteroatoms. The zero-order valence-electron chi connectivity index (χ0n) is 21.1. The molecule has 5 rings (SSSR count). The Labute approximate surface area is 218 Å². The molecule has 4 atom stereocenters. The maximum absolute atomic E-state index is 14.9. The predicted octanol–water partition coefficient (Wildman–Crippen LogP) is 4.04. The van der Waals surface area contributed by atoms with Gasteiger partial charge in [-0.05, 0) is 48.4 Å². The summed E-state index contributed by atoms with van der Waals surface area (Å²) in [6.45, 7) is 1.81. The highest BCUT2D eigenvalue weighted by Crippen LogP contribution is 2.40. The number of methoxy groups -OCH3 is 1. The number of anilines is 2. The average Bonchev–Trinajstić information content (AvgIpc) is 3.29. The number of aliphatic hydroxyl groups excluding tert-OH is 1. The number of ether oxygens (including phenoxy) is 2. The van der Waals surface area contributed by atoms with Gasteiger partial charge in [0.15, 0.2) is 0 Å². The van der Waals surface area contributed by atoms with Crippen LogP contribution >= 0.6 is 0 Å². The Hall–Kier alpha value is -3.67. The van der Waals surface area contributed by atoms with Crippen LogP contribution in [0, 0.1) is 17.6 Å². The zero-order valence-corrected chi connectivity index (χ0v) is 21.1. The molecule has 0 amide bonds. The van der Waals surface area contributed by atoms with Crippen molar-refractivity contribution in [2.45, 2.75) is 37.8 Å². The lowest BCUT2D eigenvalue weighted by molar-refractivity contribution is 0.00984. The Morgan fingerprint density at radius 1 is 1.16 bits per heavy atom. The maximum atomic E-state index is 14.9. The van der Waals surface area contributed by atoms with Crippen LogP contribution in [0.4, 0.5) is 20.4 Å². The van der Waals surface area contributed by atoms with E-state index in [0.717, 1.165) is 36.2 Å². The molecule has 200 valence electrons. The van der Waals surface area contributed by atoms with Gasteiger partial charge in [0, 0.05) is 31.5 Å². The highest BCUT2D eigenvalue weighted by Gasteiger charge is 2.35. The minimum Gasteiger partial charge on any atom is -0.491 e. The van der Waals surface area contributed by atoms with Gasteiger partial charge in [-0.2, -0.15) is 9.61 Å². The summed E-state index contributed by atoms with van der Waals surface area (Å²) in [5, 5.41) is 16.7. The molecule has 0 radical (unpaired) electrons. The van der Waals surface area contributed by atoms with E-state index in [2.05, 4.69) is 27.3 Å². The van der Waals surface area contributed by atoms with Gasteiger partial charge in [0.2, 0.25) is 5.95 Å². The van der Waals surface area contributed by atoms with Gasteiger partial charge in [0.1, 0.15) is 24.0 Å². The van der Waals surface area contributed by atoms with Gasteiger partial charge in [-0.3, -0.25) is 4.98 Å². The summed E-state index contributed by atoms with van der Waals surface area (Å²) in [6.07, 6.45) is 6.78. The molecular weight excluding hydrogens is 494 g/mol. The van der Waals surface area contributed by atoms with Crippen molar-refractivity contribution < 1.29 is 23.4 Å². The number of fused-ring (bicyclic) bond motifs is 1. The van der Waals surface area contributed by atoms with Crippen molar-refractivity contribution in [3.63, 3.8) is 0 Å². The van der Waals surface area contributed by atoms with Gasteiger partial charge >= 0.3 is 0 Å². The highest BCUT2D eigenvalue weighted by atomic mass is 19.1. The monoisotopic (exact) mass is 524 g/mol. The minimum atomic E-state index is -0.828. The summed E-state index contributed by atoms with van der Waals surface area (Å²) in [7, 11) is 1.70. The SMILES string of the molecule is CO[C@@H]1[C@H](N)C[C@H](c2ccncc2Nc2ncc3ccc(-c4c(F)cc(OCCO)cc4F)nn23)C[C@@H]1C. The molecular formula is C27H30F2N6O3. The lowest BCUT2D eigenvalue weighted by atomic mass is 9.74. The maximum Gasteiger partial charge on any atom is 0.229 e. The quantitative estimate of drug-likeness (QED) is 0.316. The largest absolute Gasteiger partial charge is 0.491 e. The highest BCUT2D eigenvalue weighted by molar-refractivity contribution is 5.66. The van der Waals surface area contributed by atoms with E-state index in [-0.39, 0.29) is 54.2 Å². The van der Waals surface area contributed by atoms with E-state index >= 15 is 0 Å². The van der Waals surface area contributed by atoms with Crippen LogP contribution in [0.2, 0.25) is 0 Å². The topological polar surface area (TPSA) is 120 Å². The summed E-state index contributed by atoms with van der Waals surface area (Å²) in [5.74, 6) is -0.806. The van der Waals surface area contributed by atoms with E-state index < -0.39 is 11.6 Å². The number of pyridine rings is 1. The number of halogens is 2. The Balaban J connectivity index is 1.46. The van der Waals surface area contributed by atoms with Gasteiger partial charge in [0.05, 0.1) is 47.6 Å². The third-order valence-corrected chi connectivity index (χ3v) is 7.02. The summed E-state index contributed by atoms with van der Waals surface area (Å²) in [5.41, 5.74) is 8.69. The predicted molar refractivity (Wildman–Crippen MR) is 138 cm³/mol. The lowest BCUT2D eigenvalue weighted by Crippen LogP contribution is -2.45. The molecule has 3 aromatic heterocycles. The van der Waals surface area contributed by atoms with E-state index in [1.54, 1.807) is 31.8 Å². The van der Waals surface area contributed by atoms with Crippen molar-refractivity contribution in [2.24, 2.45) is 11.7 Å². The van der Waals surface area contributed by atoms with E-state index in [4.69, 9.17) is 20.3 Å². The summed E-state index contributed by atoms with van der Waals surface area (Å²) < 4.78 is 42.0. The smallest absolute Gasteiger partial charge is 0.229 e. The van der Waals surface area contributed by atoms with Crippen LogP contribution in [0.15, 0.2) is 48.9 Å². The van der Waals surface area contributed by atoms with E-state index in [9.17, 15) is 8.78 Å². The van der Waals surface area contributed by atoms with Crippen molar-refractivity contribution in [1.29, 1.82) is 0 Å². The third-order valence-electron chi connectivity index (χ3n) is 7.02. The van der Waals surface area contributed by atoms with Crippen molar-refractivity contribution >= 4 is 17.2 Å². The molecule has 0 aliphatic heterocycles. The molecule has 0 saturated heterocycles. The number of imidazole rings is 1. The van der Waals surface area contributed by atoms with Crippen molar-refractivity contribution in [3.8, 4) is 17.0 Å². The molecule has 4 aromatic rings. The van der Waals surface area contributed by atoms with Gasteiger partial charge < -0.3 is 25.6 Å². The van der Waals surface area contributed by atoms with Crippen LogP contribution in [0.25, 0.3) is 16.8 Å². The number of benzene rings is 1. The molecule has 1 aliphatic rings. The van der Waals surface area contributed by atoms with Crippen LogP contribution in [-0.2, 0) is 4.74 Å². The Bertz CT molecular complexity index is 1400. The van der Waals surface area contributed by atoms with Gasteiger partial charge in [-0.15, -0.1) is 0 Å². The standard InChI is InChI=1S/C27H30F2N6O3/c1-15-9-16(10-22(30)26(15)37-2)19-5-6-31-14-24(19)33-27-32-13-17-3-4-23(34-35(17)27)25-20(28)11-18(12-21(25)29)38-8-7-36/h3-6,11-16,22,26,36H,7-10,30H2,1-2H3,(H,32,33)/t15-,16+,22+,26-/m0/s1. The first kappa shape index (κ1) is 26.0. The van der Waals surface area contributed by atoms with Crippen molar-refractivity contribution in [1.82, 2.24) is 19.6 Å². The molecule has 1 aliphatic carbocycles. The average molecular weight is 525 g/mol. The fraction of sp³-hybridized carbons (Fsp3) is 0.370. The first-order chi connectivity index (χ1) is 18.4. The third kappa shape index (κ3) is 5.04. The molecule has 1 saturated carbocycles. The van der Waals surface area contributed by atoms with Gasteiger partial charge in [0.25, 0.3) is 0 Å². The van der Waals surface area contributed by atoms with Gasteiger partial charge in [-0.1, -0.05) is 6.92 Å². The number of nitrogens with two attached hydrogens (primary N) is 1. The lowest BCUT2D eigenvalue weighted by Gasteiger charge is -2.38. The second kappa shape index (κ2) is 11.0. The first-order valence-corrected chi connectivity index (χ1v) is 12.5. The number of nitrogens with one attached hydrogen (secondary N) is 1. The molecule has 1 fully saturated rings. The molecule has 4 N–H and O–H groups in total. The van der Waals surface area contributed by atoms with Crippen LogP contribution in [-0.4, -0.2) is 57.2 Å². The molecule has 3 heterocycles. The Kier molecular flexibility index (Phi) is 7.50. The first-order valence-electron chi connectivity index (χ1n) is 12.5. The number of rotatable bonds is 8. The molecule has 9 nitrogen and oxygen atoms in total. The fourth-order valence-electron chi connectivity index (χ4n) is 5.35. The molecule has 0 unspecified atom stereocenters. The number of aliphatic hydroxyl groups is 1. The number of hydrogen-bond donors (Lipinski definition) is 3. The minimum absolute atomic E-state index is 0.0125. The summed E-state index contributed by atoms with van der Waals surface area (Å²) >= 11 is 0. The van der Waals surface area contributed by atoms with E-state index in [1.165, 1.54) is 10.6 Å². The van der Waals surface area contributed by atoms with Crippen LogP contribution in [0.1, 0.15) is 31.2 Å². The van der Waals surface area contributed by atoms with Crippen molar-refractivity contribution in [2.75, 3.05) is 25.6 Å².